The van der Waals surface area contributed by atoms with Gasteiger partial charge in [0.15, 0.2) is 0 Å². The lowest BCUT2D eigenvalue weighted by Gasteiger charge is -2.14. The summed E-state index contributed by atoms with van der Waals surface area (Å²) in [7, 11) is 0. The molecule has 1 unspecified atom stereocenters. The number of carboxylic acids is 1. The first-order valence-electron chi connectivity index (χ1n) is 9.19. The van der Waals surface area contributed by atoms with Crippen molar-refractivity contribution >= 4 is 29.4 Å². The molecule has 0 radical (unpaired) electrons. The zero-order valence-electron chi connectivity index (χ0n) is 15.8. The smallest absolute Gasteiger partial charge is 0.407 e. The Morgan fingerprint density at radius 1 is 1.14 bits per heavy atom. The SMILES string of the molecule is CC(CCCCNc1cc(Cl)ccc1C(=O)O)NC(=O)OCc1ccccc1. The summed E-state index contributed by atoms with van der Waals surface area (Å²) in [6, 6.07) is 14.2. The maximum absolute atomic E-state index is 11.8. The second-order valence-corrected chi connectivity index (χ2v) is 6.96. The van der Waals surface area contributed by atoms with Gasteiger partial charge in [0.05, 0.1) is 11.3 Å². The first kappa shape index (κ1) is 21.6. The molecule has 0 spiro atoms. The third-order valence-corrected chi connectivity index (χ3v) is 4.40. The average Bonchev–Trinajstić information content (AvgIpc) is 2.66. The van der Waals surface area contributed by atoms with Crippen LogP contribution in [0.15, 0.2) is 48.5 Å². The van der Waals surface area contributed by atoms with Crippen LogP contribution in [-0.2, 0) is 11.3 Å². The van der Waals surface area contributed by atoms with Gasteiger partial charge in [0.25, 0.3) is 0 Å². The number of hydrogen-bond acceptors (Lipinski definition) is 4. The van der Waals surface area contributed by atoms with Gasteiger partial charge >= 0.3 is 12.1 Å². The van der Waals surface area contributed by atoms with Crippen molar-refractivity contribution < 1.29 is 19.4 Å². The Balaban J connectivity index is 1.63. The number of alkyl carbamates (subject to hydrolysis) is 1. The van der Waals surface area contributed by atoms with Crippen LogP contribution in [0.1, 0.15) is 42.1 Å². The minimum absolute atomic E-state index is 0.0102. The predicted octanol–water partition coefficient (Wildman–Crippen LogP) is 4.94. The molecule has 3 N–H and O–H groups in total. The molecular weight excluding hydrogens is 380 g/mol. The maximum Gasteiger partial charge on any atom is 0.407 e. The van der Waals surface area contributed by atoms with E-state index in [1.165, 1.54) is 6.07 Å². The number of carboxylic acid groups (broad SMARTS) is 1. The number of amides is 1. The highest BCUT2D eigenvalue weighted by Crippen LogP contribution is 2.21. The zero-order valence-corrected chi connectivity index (χ0v) is 16.5. The largest absolute Gasteiger partial charge is 0.478 e. The van der Waals surface area contributed by atoms with E-state index in [0.29, 0.717) is 17.3 Å². The lowest BCUT2D eigenvalue weighted by Crippen LogP contribution is -2.33. The molecule has 0 saturated heterocycles. The van der Waals surface area contributed by atoms with E-state index in [0.717, 1.165) is 24.8 Å². The predicted molar refractivity (Wildman–Crippen MR) is 110 cm³/mol. The molecule has 0 aliphatic carbocycles. The average molecular weight is 405 g/mol. The molecule has 1 amide bonds. The summed E-state index contributed by atoms with van der Waals surface area (Å²) in [5.74, 6) is -0.994. The second-order valence-electron chi connectivity index (χ2n) is 6.52. The van der Waals surface area contributed by atoms with E-state index in [1.807, 2.05) is 37.3 Å². The molecule has 0 aliphatic heterocycles. The monoisotopic (exact) mass is 404 g/mol. The molecule has 0 bridgehead atoms. The van der Waals surface area contributed by atoms with E-state index in [2.05, 4.69) is 10.6 Å². The number of nitrogens with one attached hydrogen (secondary N) is 2. The van der Waals surface area contributed by atoms with Crippen LogP contribution in [0.3, 0.4) is 0 Å². The maximum atomic E-state index is 11.8. The number of aromatic carboxylic acids is 1. The third kappa shape index (κ3) is 7.48. The molecule has 150 valence electrons. The van der Waals surface area contributed by atoms with Crippen molar-refractivity contribution in [2.45, 2.75) is 38.8 Å². The minimum atomic E-state index is -0.994. The highest BCUT2D eigenvalue weighted by Gasteiger charge is 2.11. The number of anilines is 1. The molecule has 2 aromatic rings. The van der Waals surface area contributed by atoms with E-state index in [1.54, 1.807) is 12.1 Å². The van der Waals surface area contributed by atoms with E-state index < -0.39 is 12.1 Å². The molecule has 0 saturated carbocycles. The Hall–Kier alpha value is -2.73. The summed E-state index contributed by atoms with van der Waals surface area (Å²) in [4.78, 5) is 23.0. The summed E-state index contributed by atoms with van der Waals surface area (Å²) in [6.45, 7) is 2.79. The van der Waals surface area contributed by atoms with Gasteiger partial charge in [-0.3, -0.25) is 0 Å². The van der Waals surface area contributed by atoms with E-state index in [4.69, 9.17) is 16.3 Å². The third-order valence-electron chi connectivity index (χ3n) is 4.17. The van der Waals surface area contributed by atoms with Crippen molar-refractivity contribution in [1.82, 2.24) is 5.32 Å². The Labute approximate surface area is 169 Å². The van der Waals surface area contributed by atoms with Crippen LogP contribution >= 0.6 is 11.6 Å². The minimum Gasteiger partial charge on any atom is -0.478 e. The van der Waals surface area contributed by atoms with E-state index >= 15 is 0 Å². The number of benzene rings is 2. The van der Waals surface area contributed by atoms with Gasteiger partial charge in [0.2, 0.25) is 0 Å². The zero-order chi connectivity index (χ0) is 20.4. The van der Waals surface area contributed by atoms with Gasteiger partial charge in [-0.25, -0.2) is 9.59 Å². The van der Waals surface area contributed by atoms with Crippen LogP contribution in [0.5, 0.6) is 0 Å². The van der Waals surface area contributed by atoms with Crippen LogP contribution < -0.4 is 10.6 Å². The summed E-state index contributed by atoms with van der Waals surface area (Å²) in [6.07, 6.45) is 2.07. The molecule has 0 fully saturated rings. The van der Waals surface area contributed by atoms with Crippen molar-refractivity contribution in [1.29, 1.82) is 0 Å². The first-order chi connectivity index (χ1) is 13.5. The Kier molecular flexibility index (Phi) is 8.62. The molecular formula is C21H25ClN2O4. The molecule has 2 rings (SSSR count). The Morgan fingerprint density at radius 3 is 2.61 bits per heavy atom. The topological polar surface area (TPSA) is 87.7 Å². The second kappa shape index (κ2) is 11.2. The van der Waals surface area contributed by atoms with Gasteiger partial charge in [-0.1, -0.05) is 41.9 Å². The lowest BCUT2D eigenvalue weighted by atomic mass is 10.1. The number of rotatable bonds is 10. The highest BCUT2D eigenvalue weighted by atomic mass is 35.5. The van der Waals surface area contributed by atoms with Gasteiger partial charge in [0.1, 0.15) is 6.61 Å². The van der Waals surface area contributed by atoms with Gasteiger partial charge in [0, 0.05) is 17.6 Å². The molecule has 0 heterocycles. The lowest BCUT2D eigenvalue weighted by molar-refractivity contribution is 0.0698. The van der Waals surface area contributed by atoms with Gasteiger partial charge < -0.3 is 20.5 Å². The van der Waals surface area contributed by atoms with Crippen LogP contribution in [0, 0.1) is 0 Å². The van der Waals surface area contributed by atoms with Crippen molar-refractivity contribution in [3.8, 4) is 0 Å². The van der Waals surface area contributed by atoms with Crippen molar-refractivity contribution in [2.75, 3.05) is 11.9 Å². The van der Waals surface area contributed by atoms with E-state index in [-0.39, 0.29) is 18.2 Å². The Morgan fingerprint density at radius 2 is 1.89 bits per heavy atom. The van der Waals surface area contributed by atoms with Crippen LogP contribution in [0.2, 0.25) is 5.02 Å². The summed E-state index contributed by atoms with van der Waals surface area (Å²) in [5, 5.41) is 15.6. The van der Waals surface area contributed by atoms with Crippen LogP contribution in [0.25, 0.3) is 0 Å². The van der Waals surface area contributed by atoms with Crippen molar-refractivity contribution in [2.24, 2.45) is 0 Å². The number of carbonyl (C=O) groups excluding carboxylic acids is 1. The van der Waals surface area contributed by atoms with Crippen molar-refractivity contribution in [3.05, 3.63) is 64.7 Å². The first-order valence-corrected chi connectivity index (χ1v) is 9.57. The fourth-order valence-electron chi connectivity index (χ4n) is 2.69. The number of halogens is 1. The normalized spacial score (nSPS) is 11.5. The van der Waals surface area contributed by atoms with E-state index in [9.17, 15) is 14.7 Å². The van der Waals surface area contributed by atoms with Crippen molar-refractivity contribution in [3.63, 3.8) is 0 Å². The van der Waals surface area contributed by atoms with Crippen LogP contribution in [0.4, 0.5) is 10.5 Å². The number of hydrogen-bond donors (Lipinski definition) is 3. The fraction of sp³-hybridized carbons (Fsp3) is 0.333. The summed E-state index contributed by atoms with van der Waals surface area (Å²) < 4.78 is 5.20. The molecule has 7 heteroatoms. The number of ether oxygens (including phenoxy) is 1. The molecule has 0 aliphatic rings. The molecule has 2 aromatic carbocycles. The highest BCUT2D eigenvalue weighted by molar-refractivity contribution is 6.31. The summed E-state index contributed by atoms with van der Waals surface area (Å²) in [5.41, 5.74) is 1.65. The Bertz CT molecular complexity index is 783. The van der Waals surface area contributed by atoms with Crippen LogP contribution in [-0.4, -0.2) is 29.8 Å². The summed E-state index contributed by atoms with van der Waals surface area (Å²) >= 11 is 5.93. The standard InChI is InChI=1S/C21H25ClN2O4/c1-15(24-21(27)28-14-16-8-3-2-4-9-16)7-5-6-12-23-19-13-17(22)10-11-18(19)20(25)26/h2-4,8-11,13,15,23H,5-7,12,14H2,1H3,(H,24,27)(H,25,26). The van der Waals surface area contributed by atoms with Gasteiger partial charge in [-0.15, -0.1) is 0 Å². The molecule has 0 aromatic heterocycles. The number of unbranched alkanes of at least 4 members (excludes halogenated alkanes) is 1. The number of carbonyl (C=O) groups is 2. The molecule has 1 atom stereocenters. The molecule has 6 nitrogen and oxygen atoms in total. The quantitative estimate of drug-likeness (QED) is 0.488. The van der Waals surface area contributed by atoms with Gasteiger partial charge in [-0.05, 0) is 49.9 Å². The molecule has 28 heavy (non-hydrogen) atoms. The van der Waals surface area contributed by atoms with Gasteiger partial charge in [-0.2, -0.15) is 0 Å². The fourth-order valence-corrected chi connectivity index (χ4v) is 2.86.